The first-order chi connectivity index (χ1) is 10.5. The molecule has 0 fully saturated rings. The molecular formula is C16H17FN2O3. The minimum atomic E-state index is -1.01. The van der Waals surface area contributed by atoms with Crippen molar-refractivity contribution in [2.45, 2.75) is 13.0 Å². The Morgan fingerprint density at radius 1 is 1.32 bits per heavy atom. The summed E-state index contributed by atoms with van der Waals surface area (Å²) in [4.78, 5) is 15.0. The Hall–Kier alpha value is -2.50. The van der Waals surface area contributed by atoms with Crippen LogP contribution in [0.25, 0.3) is 0 Å². The number of furan rings is 1. The van der Waals surface area contributed by atoms with E-state index in [1.807, 2.05) is 11.9 Å². The van der Waals surface area contributed by atoms with Crippen molar-refractivity contribution in [3.05, 3.63) is 47.7 Å². The first-order valence-corrected chi connectivity index (χ1v) is 7.11. The molecule has 22 heavy (non-hydrogen) atoms. The van der Waals surface area contributed by atoms with Gasteiger partial charge in [0.2, 0.25) is 0 Å². The number of aromatic carboxylic acids is 1. The van der Waals surface area contributed by atoms with Crippen LogP contribution in [0.4, 0.5) is 15.8 Å². The maximum Gasteiger partial charge on any atom is 0.338 e. The van der Waals surface area contributed by atoms with Crippen LogP contribution >= 0.6 is 0 Å². The van der Waals surface area contributed by atoms with Crippen LogP contribution in [-0.4, -0.2) is 31.2 Å². The van der Waals surface area contributed by atoms with Crippen molar-refractivity contribution in [3.63, 3.8) is 0 Å². The summed E-state index contributed by atoms with van der Waals surface area (Å²) in [6.07, 6.45) is 2.17. The molecule has 5 nitrogen and oxygen atoms in total. The molecule has 2 heterocycles. The molecule has 1 aromatic heterocycles. The Balaban J connectivity index is 1.90. The van der Waals surface area contributed by atoms with E-state index in [4.69, 9.17) is 9.52 Å². The van der Waals surface area contributed by atoms with Crippen LogP contribution in [0.5, 0.6) is 0 Å². The number of halogens is 1. The molecule has 2 aromatic rings. The highest BCUT2D eigenvalue weighted by Gasteiger charge is 2.20. The number of rotatable bonds is 3. The van der Waals surface area contributed by atoms with E-state index in [2.05, 4.69) is 4.90 Å². The second-order valence-corrected chi connectivity index (χ2v) is 5.44. The van der Waals surface area contributed by atoms with Crippen LogP contribution in [-0.2, 0) is 6.54 Å². The van der Waals surface area contributed by atoms with Crippen LogP contribution in [0.3, 0.4) is 0 Å². The van der Waals surface area contributed by atoms with Gasteiger partial charge in [-0.25, -0.2) is 9.18 Å². The average molecular weight is 304 g/mol. The van der Waals surface area contributed by atoms with Gasteiger partial charge in [0, 0.05) is 20.1 Å². The lowest BCUT2D eigenvalue weighted by Gasteiger charge is -2.25. The van der Waals surface area contributed by atoms with Gasteiger partial charge in [-0.15, -0.1) is 0 Å². The molecule has 3 rings (SSSR count). The normalized spacial score (nSPS) is 14.6. The van der Waals surface area contributed by atoms with Crippen molar-refractivity contribution < 1.29 is 18.7 Å². The number of benzene rings is 1. The number of carboxylic acid groups (broad SMARTS) is 1. The van der Waals surface area contributed by atoms with Gasteiger partial charge in [-0.2, -0.15) is 0 Å². The maximum atomic E-state index is 13.5. The molecule has 0 atom stereocenters. The molecule has 0 saturated heterocycles. The number of hydrogen-bond donors (Lipinski definition) is 1. The molecular weight excluding hydrogens is 287 g/mol. The number of anilines is 2. The van der Waals surface area contributed by atoms with E-state index in [9.17, 15) is 9.18 Å². The van der Waals surface area contributed by atoms with Crippen LogP contribution in [0.15, 0.2) is 34.9 Å². The molecule has 0 aliphatic carbocycles. The Kier molecular flexibility index (Phi) is 3.75. The molecule has 0 amide bonds. The zero-order valence-electron chi connectivity index (χ0n) is 12.3. The van der Waals surface area contributed by atoms with Crippen molar-refractivity contribution in [2.24, 2.45) is 0 Å². The average Bonchev–Trinajstić information content (AvgIpc) is 2.89. The zero-order chi connectivity index (χ0) is 15.7. The predicted octanol–water partition coefficient (Wildman–Crippen LogP) is 2.96. The van der Waals surface area contributed by atoms with Gasteiger partial charge in [-0.1, -0.05) is 0 Å². The third-order valence-corrected chi connectivity index (χ3v) is 3.86. The van der Waals surface area contributed by atoms with Crippen molar-refractivity contribution in [1.82, 2.24) is 0 Å². The number of hydrogen-bond acceptors (Lipinski definition) is 4. The summed E-state index contributed by atoms with van der Waals surface area (Å²) in [5.41, 5.74) is 1.90. The second-order valence-electron chi connectivity index (χ2n) is 5.44. The minimum absolute atomic E-state index is 0.140. The highest BCUT2D eigenvalue weighted by atomic mass is 19.1. The van der Waals surface area contributed by atoms with Gasteiger partial charge in [0.05, 0.1) is 23.5 Å². The Morgan fingerprint density at radius 2 is 2.14 bits per heavy atom. The lowest BCUT2D eigenvalue weighted by Crippen LogP contribution is -2.23. The lowest BCUT2D eigenvalue weighted by atomic mass is 10.2. The summed E-state index contributed by atoms with van der Waals surface area (Å²) in [7, 11) is 1.94. The second kappa shape index (κ2) is 5.71. The van der Waals surface area contributed by atoms with Crippen molar-refractivity contribution >= 4 is 17.3 Å². The van der Waals surface area contributed by atoms with E-state index in [0.717, 1.165) is 30.9 Å². The quantitative estimate of drug-likeness (QED) is 0.945. The molecule has 1 N–H and O–H groups in total. The lowest BCUT2D eigenvalue weighted by molar-refractivity contribution is 0.0696. The van der Waals surface area contributed by atoms with E-state index in [1.54, 1.807) is 6.07 Å². The fourth-order valence-electron chi connectivity index (χ4n) is 2.74. The topological polar surface area (TPSA) is 56.9 Å². The summed E-state index contributed by atoms with van der Waals surface area (Å²) in [5, 5.41) is 8.95. The van der Waals surface area contributed by atoms with Gasteiger partial charge in [0.1, 0.15) is 17.8 Å². The van der Waals surface area contributed by atoms with Gasteiger partial charge >= 0.3 is 5.97 Å². The minimum Gasteiger partial charge on any atom is -0.478 e. The molecule has 1 aliphatic heterocycles. The fraction of sp³-hybridized carbons (Fsp3) is 0.312. The highest BCUT2D eigenvalue weighted by Crippen LogP contribution is 2.33. The molecule has 0 radical (unpaired) electrons. The van der Waals surface area contributed by atoms with E-state index in [-0.39, 0.29) is 11.4 Å². The molecule has 0 spiro atoms. The third-order valence-electron chi connectivity index (χ3n) is 3.86. The Labute approximate surface area is 127 Å². The van der Waals surface area contributed by atoms with Gasteiger partial charge in [0.15, 0.2) is 0 Å². The predicted molar refractivity (Wildman–Crippen MR) is 81.0 cm³/mol. The zero-order valence-corrected chi connectivity index (χ0v) is 12.3. The monoisotopic (exact) mass is 304 g/mol. The van der Waals surface area contributed by atoms with Gasteiger partial charge in [-0.3, -0.25) is 0 Å². The first kappa shape index (κ1) is 14.4. The highest BCUT2D eigenvalue weighted by molar-refractivity contribution is 5.87. The van der Waals surface area contributed by atoms with Crippen LogP contribution in [0.2, 0.25) is 0 Å². The molecule has 116 valence electrons. The summed E-state index contributed by atoms with van der Waals surface area (Å²) >= 11 is 0. The number of carbonyl (C=O) groups is 1. The number of nitrogens with zero attached hydrogens (tertiary/aromatic N) is 2. The van der Waals surface area contributed by atoms with E-state index in [1.165, 1.54) is 24.5 Å². The summed E-state index contributed by atoms with van der Waals surface area (Å²) in [5.74, 6) is -0.691. The van der Waals surface area contributed by atoms with Crippen molar-refractivity contribution in [3.8, 4) is 0 Å². The van der Waals surface area contributed by atoms with Gasteiger partial charge in [-0.05, 0) is 30.7 Å². The van der Waals surface area contributed by atoms with E-state index in [0.29, 0.717) is 12.3 Å². The fourth-order valence-corrected chi connectivity index (χ4v) is 2.74. The standard InChI is InChI=1S/C16H17FN2O3/c1-18-5-2-6-19(14-4-3-12(17)8-15(14)18)9-13-7-11(10-22-13)16(20)21/h3-4,7-8,10H,2,5-6,9H2,1H3,(H,20,21). The molecule has 0 unspecified atom stereocenters. The Bertz CT molecular complexity index is 698. The summed E-state index contributed by atoms with van der Waals surface area (Å²) in [6, 6.07) is 6.25. The molecule has 1 aliphatic rings. The number of fused-ring (bicyclic) bond motifs is 1. The first-order valence-electron chi connectivity index (χ1n) is 7.11. The van der Waals surface area contributed by atoms with E-state index >= 15 is 0 Å². The third kappa shape index (κ3) is 2.77. The maximum absolute atomic E-state index is 13.5. The van der Waals surface area contributed by atoms with Crippen molar-refractivity contribution in [2.75, 3.05) is 29.9 Å². The number of carboxylic acids is 1. The van der Waals surface area contributed by atoms with Crippen LogP contribution < -0.4 is 9.80 Å². The smallest absolute Gasteiger partial charge is 0.338 e. The van der Waals surface area contributed by atoms with Crippen molar-refractivity contribution in [1.29, 1.82) is 0 Å². The van der Waals surface area contributed by atoms with Gasteiger partial charge in [0.25, 0.3) is 0 Å². The SMILES string of the molecule is CN1CCCN(Cc2cc(C(=O)O)co2)c2ccc(F)cc21. The largest absolute Gasteiger partial charge is 0.478 e. The molecule has 0 bridgehead atoms. The molecule has 1 aromatic carbocycles. The van der Waals surface area contributed by atoms with Gasteiger partial charge < -0.3 is 19.3 Å². The summed E-state index contributed by atoms with van der Waals surface area (Å²) in [6.45, 7) is 2.09. The Morgan fingerprint density at radius 3 is 2.86 bits per heavy atom. The molecule has 0 saturated carbocycles. The van der Waals surface area contributed by atoms with E-state index < -0.39 is 5.97 Å². The van der Waals surface area contributed by atoms with Crippen LogP contribution in [0, 0.1) is 5.82 Å². The molecule has 6 heteroatoms. The van der Waals surface area contributed by atoms with Crippen LogP contribution in [0.1, 0.15) is 22.5 Å². The summed E-state index contributed by atoms with van der Waals surface area (Å²) < 4.78 is 18.8.